The molecule has 1 atom stereocenters. The first-order chi connectivity index (χ1) is 9.53. The average Bonchev–Trinajstić information content (AvgIpc) is 3.04. The number of thioether (sulfide) groups is 1. The van der Waals surface area contributed by atoms with E-state index in [-0.39, 0.29) is 0 Å². The third kappa shape index (κ3) is 4.21. The lowest BCUT2D eigenvalue weighted by molar-refractivity contribution is 0.581. The van der Waals surface area contributed by atoms with Gasteiger partial charge in [0.05, 0.1) is 0 Å². The fraction of sp³-hybridized carbons (Fsp3) is 0.692. The molecule has 0 amide bonds. The van der Waals surface area contributed by atoms with Gasteiger partial charge in [0.1, 0.15) is 4.21 Å². The van der Waals surface area contributed by atoms with E-state index in [4.69, 9.17) is 0 Å². The minimum Gasteiger partial charge on any atom is -0.312 e. The lowest BCUT2D eigenvalue weighted by atomic mass is 10.2. The van der Waals surface area contributed by atoms with Crippen molar-refractivity contribution in [2.45, 2.75) is 42.7 Å². The van der Waals surface area contributed by atoms with Crippen LogP contribution in [0.4, 0.5) is 0 Å². The number of hydrogen-bond donors (Lipinski definition) is 2. The summed E-state index contributed by atoms with van der Waals surface area (Å²) in [7, 11) is -3.35. The maximum Gasteiger partial charge on any atom is 0.250 e. The van der Waals surface area contributed by atoms with Gasteiger partial charge in [0, 0.05) is 23.2 Å². The number of nitrogens with one attached hydrogen (secondary N) is 2. The van der Waals surface area contributed by atoms with Crippen molar-refractivity contribution in [3.05, 3.63) is 16.5 Å². The molecular weight excluding hydrogens is 312 g/mol. The third-order valence-electron chi connectivity index (χ3n) is 3.32. The van der Waals surface area contributed by atoms with Gasteiger partial charge in [0.25, 0.3) is 0 Å². The Kier molecular flexibility index (Phi) is 5.92. The highest BCUT2D eigenvalue weighted by molar-refractivity contribution is 8.00. The van der Waals surface area contributed by atoms with Crippen molar-refractivity contribution >= 4 is 33.1 Å². The second-order valence-corrected chi connectivity index (χ2v) is 9.48. The van der Waals surface area contributed by atoms with Crippen LogP contribution >= 0.6 is 23.1 Å². The molecule has 1 aromatic rings. The highest BCUT2D eigenvalue weighted by Gasteiger charge is 2.22. The van der Waals surface area contributed by atoms with Crippen molar-refractivity contribution < 1.29 is 8.42 Å². The number of aryl methyl sites for hydroxylation is 1. The summed E-state index contributed by atoms with van der Waals surface area (Å²) in [5.41, 5.74) is 1.05. The van der Waals surface area contributed by atoms with E-state index in [0.717, 1.165) is 35.7 Å². The number of sulfonamides is 1. The zero-order chi connectivity index (χ0) is 14.6. The molecule has 1 saturated heterocycles. The van der Waals surface area contributed by atoms with Crippen molar-refractivity contribution in [1.29, 1.82) is 0 Å². The van der Waals surface area contributed by atoms with Crippen LogP contribution in [0.1, 0.15) is 30.2 Å². The molecule has 7 heteroatoms. The van der Waals surface area contributed by atoms with Gasteiger partial charge in [-0.15, -0.1) is 11.3 Å². The van der Waals surface area contributed by atoms with Crippen molar-refractivity contribution in [1.82, 2.24) is 10.0 Å². The monoisotopic (exact) mass is 334 g/mol. The molecule has 1 aliphatic heterocycles. The summed E-state index contributed by atoms with van der Waals surface area (Å²) in [6, 6.07) is 1.78. The summed E-state index contributed by atoms with van der Waals surface area (Å²) in [4.78, 5) is 1.10. The predicted molar refractivity (Wildman–Crippen MR) is 87.1 cm³/mol. The van der Waals surface area contributed by atoms with Crippen LogP contribution in [-0.4, -0.2) is 32.5 Å². The third-order valence-corrected chi connectivity index (χ3v) is 7.86. The second-order valence-electron chi connectivity index (χ2n) is 4.94. The molecule has 4 nitrogen and oxygen atoms in total. The first kappa shape index (κ1) is 16.3. The normalized spacial score (nSPS) is 19.6. The van der Waals surface area contributed by atoms with Gasteiger partial charge in [0.2, 0.25) is 10.0 Å². The van der Waals surface area contributed by atoms with Crippen molar-refractivity contribution in [2.75, 3.05) is 18.8 Å². The van der Waals surface area contributed by atoms with Gasteiger partial charge in [-0.2, -0.15) is 11.8 Å². The Balaban J connectivity index is 2.00. The average molecular weight is 335 g/mol. The Hall–Kier alpha value is -0.0800. The number of hydrogen-bond acceptors (Lipinski definition) is 5. The van der Waals surface area contributed by atoms with Gasteiger partial charge < -0.3 is 5.32 Å². The maximum absolute atomic E-state index is 12.3. The van der Waals surface area contributed by atoms with Crippen LogP contribution in [0.3, 0.4) is 0 Å². The molecule has 2 rings (SSSR count). The molecule has 1 aliphatic rings. The zero-order valence-electron chi connectivity index (χ0n) is 11.9. The highest BCUT2D eigenvalue weighted by Crippen LogP contribution is 2.28. The first-order valence-corrected chi connectivity index (χ1v) is 10.3. The molecule has 0 radical (unpaired) electrons. The molecule has 0 bridgehead atoms. The van der Waals surface area contributed by atoms with Crippen molar-refractivity contribution in [3.8, 4) is 0 Å². The largest absolute Gasteiger partial charge is 0.312 e. The van der Waals surface area contributed by atoms with Gasteiger partial charge in [-0.05, 0) is 43.7 Å². The zero-order valence-corrected chi connectivity index (χ0v) is 14.4. The Morgan fingerprint density at radius 1 is 1.45 bits per heavy atom. The van der Waals surface area contributed by atoms with Crippen LogP contribution in [-0.2, 0) is 16.6 Å². The topological polar surface area (TPSA) is 58.2 Å². The number of rotatable bonds is 7. The Morgan fingerprint density at radius 2 is 2.25 bits per heavy atom. The smallest absolute Gasteiger partial charge is 0.250 e. The SMILES string of the molecule is CCNCc1sc(S(=O)(=O)NCC2CCCS2)cc1C. The maximum atomic E-state index is 12.3. The summed E-state index contributed by atoms with van der Waals surface area (Å²) in [6.45, 7) is 6.18. The quantitative estimate of drug-likeness (QED) is 0.803. The molecular formula is C13H22N2O2S3. The van der Waals surface area contributed by atoms with Crippen LogP contribution < -0.4 is 10.0 Å². The van der Waals surface area contributed by atoms with Crippen LogP contribution in [0.5, 0.6) is 0 Å². The molecule has 20 heavy (non-hydrogen) atoms. The van der Waals surface area contributed by atoms with Crippen molar-refractivity contribution in [2.24, 2.45) is 0 Å². The van der Waals surface area contributed by atoms with E-state index in [1.807, 2.05) is 25.6 Å². The molecule has 1 unspecified atom stereocenters. The highest BCUT2D eigenvalue weighted by atomic mass is 32.2. The summed E-state index contributed by atoms with van der Waals surface area (Å²) in [5, 5.41) is 3.68. The van der Waals surface area contributed by atoms with Crippen molar-refractivity contribution in [3.63, 3.8) is 0 Å². The van der Waals surface area contributed by atoms with Crippen LogP contribution in [0, 0.1) is 6.92 Å². The molecule has 1 fully saturated rings. The fourth-order valence-electron chi connectivity index (χ4n) is 2.11. The van der Waals surface area contributed by atoms with E-state index in [0.29, 0.717) is 16.0 Å². The van der Waals surface area contributed by atoms with Gasteiger partial charge in [-0.3, -0.25) is 0 Å². The van der Waals surface area contributed by atoms with Gasteiger partial charge in [-0.1, -0.05) is 6.92 Å². The van der Waals surface area contributed by atoms with E-state index >= 15 is 0 Å². The minimum absolute atomic E-state index is 0.436. The van der Waals surface area contributed by atoms with E-state index in [9.17, 15) is 8.42 Å². The van der Waals surface area contributed by atoms with E-state index in [1.165, 1.54) is 17.8 Å². The molecule has 2 N–H and O–H groups in total. The molecule has 2 heterocycles. The number of thiophene rings is 1. The van der Waals surface area contributed by atoms with Gasteiger partial charge >= 0.3 is 0 Å². The summed E-state index contributed by atoms with van der Waals surface area (Å²) >= 11 is 3.23. The molecule has 1 aromatic heterocycles. The standard InChI is InChI=1S/C13H22N2O2S3/c1-3-14-9-12-10(2)7-13(19-12)20(16,17)15-8-11-5-4-6-18-11/h7,11,14-15H,3-6,8-9H2,1-2H3. The Morgan fingerprint density at radius 3 is 2.90 bits per heavy atom. The van der Waals surface area contributed by atoms with E-state index in [2.05, 4.69) is 10.0 Å². The molecule has 0 saturated carbocycles. The second kappa shape index (κ2) is 7.26. The first-order valence-electron chi connectivity index (χ1n) is 6.94. The van der Waals surface area contributed by atoms with Gasteiger partial charge in [0.15, 0.2) is 0 Å². The van der Waals surface area contributed by atoms with Crippen LogP contribution in [0.25, 0.3) is 0 Å². The lowest BCUT2D eigenvalue weighted by Crippen LogP contribution is -2.29. The predicted octanol–water partition coefficient (Wildman–Crippen LogP) is 2.34. The fourth-order valence-corrected chi connectivity index (χ4v) is 6.11. The Bertz CT molecular complexity index is 534. The minimum atomic E-state index is -3.35. The summed E-state index contributed by atoms with van der Waals surface area (Å²) in [5.74, 6) is 1.15. The van der Waals surface area contributed by atoms with Crippen LogP contribution in [0.2, 0.25) is 0 Å². The lowest BCUT2D eigenvalue weighted by Gasteiger charge is -2.09. The van der Waals surface area contributed by atoms with E-state index in [1.54, 1.807) is 6.07 Å². The Labute approximate surface area is 129 Å². The molecule has 114 valence electrons. The van der Waals surface area contributed by atoms with E-state index < -0.39 is 10.0 Å². The molecule has 0 aromatic carbocycles. The summed E-state index contributed by atoms with van der Waals surface area (Å²) in [6.07, 6.45) is 2.31. The van der Waals surface area contributed by atoms with Crippen LogP contribution in [0.15, 0.2) is 10.3 Å². The van der Waals surface area contributed by atoms with Gasteiger partial charge in [-0.25, -0.2) is 13.1 Å². The molecule has 0 aliphatic carbocycles. The summed E-state index contributed by atoms with van der Waals surface area (Å²) < 4.78 is 27.8. The molecule has 0 spiro atoms.